The predicted molar refractivity (Wildman–Crippen MR) is 89.6 cm³/mol. The van der Waals surface area contributed by atoms with E-state index >= 15 is 0 Å². The van der Waals surface area contributed by atoms with Gasteiger partial charge in [0.15, 0.2) is 23.0 Å². The van der Waals surface area contributed by atoms with Gasteiger partial charge in [0, 0.05) is 12.5 Å². The highest BCUT2D eigenvalue weighted by Gasteiger charge is 2.13. The maximum absolute atomic E-state index is 9.83. The Morgan fingerprint density at radius 3 is 2.52 bits per heavy atom. The Hall–Kier alpha value is -3.91. The van der Waals surface area contributed by atoms with Gasteiger partial charge in [-0.05, 0) is 12.1 Å². The zero-order valence-electron chi connectivity index (χ0n) is 13.5. The lowest BCUT2D eigenvalue weighted by Crippen LogP contribution is -1.95. The number of rotatable bonds is 4. The van der Waals surface area contributed by atoms with Gasteiger partial charge in [0.2, 0.25) is 5.89 Å². The topological polar surface area (TPSA) is 128 Å². The number of nitriles is 2. The Morgan fingerprint density at radius 1 is 1.24 bits per heavy atom. The van der Waals surface area contributed by atoms with Crippen molar-refractivity contribution in [3.63, 3.8) is 0 Å². The molecule has 2 aromatic rings. The third-order valence-corrected chi connectivity index (χ3v) is 2.97. The van der Waals surface area contributed by atoms with Gasteiger partial charge in [-0.1, -0.05) is 18.2 Å². The Labute approximate surface area is 143 Å². The highest BCUT2D eigenvalue weighted by molar-refractivity contribution is 5.82. The summed E-state index contributed by atoms with van der Waals surface area (Å²) in [5.41, 5.74) is 0.231. The number of hydrogen-bond acceptors (Lipinski definition) is 8. The van der Waals surface area contributed by atoms with E-state index in [2.05, 4.69) is 15.0 Å². The van der Waals surface area contributed by atoms with Crippen molar-refractivity contribution >= 4 is 12.1 Å². The molecule has 1 aromatic carbocycles. The Morgan fingerprint density at radius 2 is 1.92 bits per heavy atom. The number of aromatic hydroxyl groups is 1. The molecule has 8 nitrogen and oxygen atoms in total. The van der Waals surface area contributed by atoms with Crippen LogP contribution < -0.4 is 0 Å². The van der Waals surface area contributed by atoms with Crippen molar-refractivity contribution in [3.05, 3.63) is 47.4 Å². The molecule has 25 heavy (non-hydrogen) atoms. The van der Waals surface area contributed by atoms with Gasteiger partial charge in [-0.15, -0.1) is 0 Å². The summed E-state index contributed by atoms with van der Waals surface area (Å²) in [6.45, 7) is 1.53. The number of methoxy groups -OCH3 is 1. The van der Waals surface area contributed by atoms with Crippen molar-refractivity contribution in [1.29, 1.82) is 10.5 Å². The lowest BCUT2D eigenvalue weighted by molar-refractivity contribution is 0.337. The number of oxazole rings is 1. The fourth-order valence-corrected chi connectivity index (χ4v) is 1.71. The van der Waals surface area contributed by atoms with E-state index in [1.165, 1.54) is 14.0 Å². The number of ether oxygens (including phenoxy) is 1. The van der Waals surface area contributed by atoms with E-state index in [0.29, 0.717) is 5.56 Å². The summed E-state index contributed by atoms with van der Waals surface area (Å²) in [5, 5.41) is 28.1. The molecular weight excluding hydrogens is 322 g/mol. The van der Waals surface area contributed by atoms with Crippen molar-refractivity contribution in [2.24, 2.45) is 9.98 Å². The van der Waals surface area contributed by atoms with Crippen LogP contribution >= 0.6 is 0 Å². The van der Waals surface area contributed by atoms with Crippen molar-refractivity contribution < 1.29 is 14.3 Å². The normalized spacial score (nSPS) is 12.4. The van der Waals surface area contributed by atoms with Crippen LogP contribution in [0.5, 0.6) is 5.95 Å². The summed E-state index contributed by atoms with van der Waals surface area (Å²) in [6, 6.07) is 12.5. The average Bonchev–Trinajstić information content (AvgIpc) is 3.02. The zero-order valence-corrected chi connectivity index (χ0v) is 13.5. The van der Waals surface area contributed by atoms with Gasteiger partial charge in [-0.3, -0.25) is 0 Å². The highest BCUT2D eigenvalue weighted by Crippen LogP contribution is 2.25. The molecule has 0 atom stereocenters. The first kappa shape index (κ1) is 17.4. The van der Waals surface area contributed by atoms with Crippen molar-refractivity contribution in [3.8, 4) is 29.5 Å². The van der Waals surface area contributed by atoms with Crippen molar-refractivity contribution in [2.75, 3.05) is 7.11 Å². The van der Waals surface area contributed by atoms with E-state index in [0.717, 1.165) is 6.21 Å². The minimum atomic E-state index is -0.449. The van der Waals surface area contributed by atoms with E-state index < -0.39 is 5.95 Å². The Kier molecular flexibility index (Phi) is 5.64. The summed E-state index contributed by atoms with van der Waals surface area (Å²) in [4.78, 5) is 11.8. The maximum Gasteiger partial charge on any atom is 0.312 e. The van der Waals surface area contributed by atoms with Crippen molar-refractivity contribution in [1.82, 2.24) is 4.98 Å². The molecule has 0 bridgehead atoms. The first-order valence-electron chi connectivity index (χ1n) is 7.02. The predicted octanol–water partition coefficient (Wildman–Crippen LogP) is 2.79. The lowest BCUT2D eigenvalue weighted by Gasteiger charge is -1.96. The maximum atomic E-state index is 9.83. The summed E-state index contributed by atoms with van der Waals surface area (Å²) in [7, 11) is 1.39. The fourth-order valence-electron chi connectivity index (χ4n) is 1.71. The van der Waals surface area contributed by atoms with Gasteiger partial charge < -0.3 is 14.3 Å². The number of allylic oxidation sites excluding steroid dienone is 2. The molecule has 0 spiro atoms. The molecular formula is C17H13N5O3. The summed E-state index contributed by atoms with van der Waals surface area (Å²) in [5.74, 6) is -0.0408. The van der Waals surface area contributed by atoms with Crippen LogP contribution in [0.25, 0.3) is 11.5 Å². The molecule has 0 saturated heterocycles. The molecule has 0 aliphatic carbocycles. The number of aliphatic imine (C=N–C) groups is 2. The molecule has 0 aliphatic heterocycles. The van der Waals surface area contributed by atoms with Crippen molar-refractivity contribution in [2.45, 2.75) is 6.92 Å². The van der Waals surface area contributed by atoms with E-state index in [4.69, 9.17) is 19.7 Å². The molecule has 1 N–H and O–H groups in total. The minimum absolute atomic E-state index is 0.0244. The second-order valence-corrected chi connectivity index (χ2v) is 4.59. The molecule has 0 unspecified atom stereocenters. The Balaban J connectivity index is 2.37. The molecule has 0 fully saturated rings. The van der Waals surface area contributed by atoms with Crippen LogP contribution in [-0.2, 0) is 4.74 Å². The van der Waals surface area contributed by atoms with Gasteiger partial charge in [0.05, 0.1) is 13.3 Å². The third kappa shape index (κ3) is 4.30. The molecule has 0 amide bonds. The molecule has 124 valence electrons. The largest absolute Gasteiger partial charge is 0.484 e. The van der Waals surface area contributed by atoms with E-state index in [1.54, 1.807) is 36.4 Å². The molecule has 2 rings (SSSR count). The van der Waals surface area contributed by atoms with Gasteiger partial charge in [0.1, 0.15) is 12.1 Å². The fraction of sp³-hybridized carbons (Fsp3) is 0.118. The summed E-state index contributed by atoms with van der Waals surface area (Å²) >= 11 is 0. The summed E-state index contributed by atoms with van der Waals surface area (Å²) < 4.78 is 10.0. The average molecular weight is 335 g/mol. The van der Waals surface area contributed by atoms with E-state index in [-0.39, 0.29) is 28.9 Å². The number of benzene rings is 1. The highest BCUT2D eigenvalue weighted by atomic mass is 16.5. The van der Waals surface area contributed by atoms with Crippen LogP contribution in [0.15, 0.2) is 56.1 Å². The number of aromatic nitrogens is 1. The quantitative estimate of drug-likeness (QED) is 0.520. The second kappa shape index (κ2) is 8.09. The summed E-state index contributed by atoms with van der Waals surface area (Å²) in [6.07, 6.45) is 1.12. The van der Waals surface area contributed by atoms with Crippen LogP contribution in [0.4, 0.5) is 0 Å². The zero-order chi connectivity index (χ0) is 18.2. The van der Waals surface area contributed by atoms with Crippen LogP contribution in [0.1, 0.15) is 12.6 Å². The monoisotopic (exact) mass is 335 g/mol. The molecule has 1 aromatic heterocycles. The van der Waals surface area contributed by atoms with Crippen LogP contribution in [0.3, 0.4) is 0 Å². The first-order valence-corrected chi connectivity index (χ1v) is 7.02. The first-order chi connectivity index (χ1) is 12.1. The number of nitrogens with zero attached hydrogens (tertiary/aromatic N) is 5. The van der Waals surface area contributed by atoms with E-state index in [9.17, 15) is 5.11 Å². The van der Waals surface area contributed by atoms with Gasteiger partial charge in [-0.2, -0.15) is 10.5 Å². The SMILES string of the molecule is COC(C)=N/C(C#N)=C(/C#N)N=Cc1nc(-c2ccccc2)oc1O. The lowest BCUT2D eigenvalue weighted by atomic mass is 10.2. The van der Waals surface area contributed by atoms with Crippen LogP contribution in [-0.4, -0.2) is 29.3 Å². The van der Waals surface area contributed by atoms with Crippen LogP contribution in [0.2, 0.25) is 0 Å². The Bertz CT molecular complexity index is 927. The molecule has 0 aliphatic rings. The standard InChI is InChI=1S/C17H13N5O3/c1-11(24-2)21-14(9-19)13(8-18)20-10-15-17(23)25-16(22-15)12-6-4-3-5-7-12/h3-7,10,23H,1-2H3/b14-13-,20-10?,21-11?. The molecule has 0 radical (unpaired) electrons. The van der Waals surface area contributed by atoms with Gasteiger partial charge in [0.25, 0.3) is 0 Å². The van der Waals surface area contributed by atoms with E-state index in [1.807, 2.05) is 6.07 Å². The van der Waals surface area contributed by atoms with Gasteiger partial charge in [-0.25, -0.2) is 15.0 Å². The number of hydrogen-bond donors (Lipinski definition) is 1. The van der Waals surface area contributed by atoms with Gasteiger partial charge >= 0.3 is 5.95 Å². The molecule has 0 saturated carbocycles. The second-order valence-electron chi connectivity index (χ2n) is 4.59. The molecule has 8 heteroatoms. The smallest absolute Gasteiger partial charge is 0.312 e. The third-order valence-electron chi connectivity index (χ3n) is 2.97. The molecule has 1 heterocycles. The minimum Gasteiger partial charge on any atom is -0.484 e. The van der Waals surface area contributed by atoms with Crippen LogP contribution in [0, 0.1) is 22.7 Å².